The van der Waals surface area contributed by atoms with Crippen molar-refractivity contribution in [2.45, 2.75) is 19.4 Å². The second-order valence-corrected chi connectivity index (χ2v) is 6.27. The van der Waals surface area contributed by atoms with Gasteiger partial charge >= 0.3 is 0 Å². The van der Waals surface area contributed by atoms with Crippen LogP contribution in [0.5, 0.6) is 0 Å². The molecule has 0 aromatic heterocycles. The molecule has 2 aliphatic rings. The van der Waals surface area contributed by atoms with Crippen LogP contribution in [0.1, 0.15) is 13.3 Å². The van der Waals surface area contributed by atoms with Crippen molar-refractivity contribution in [3.63, 3.8) is 0 Å². The summed E-state index contributed by atoms with van der Waals surface area (Å²) in [6.45, 7) is 5.82. The van der Waals surface area contributed by atoms with E-state index < -0.39 is 0 Å². The summed E-state index contributed by atoms with van der Waals surface area (Å²) < 4.78 is 0. The van der Waals surface area contributed by atoms with Gasteiger partial charge in [-0.15, -0.1) is 11.8 Å². The number of amides is 2. The molecule has 114 valence electrons. The highest BCUT2D eigenvalue weighted by atomic mass is 32.2. The quantitative estimate of drug-likeness (QED) is 0.737. The number of β-amino-alcohol motifs (C(OH)–C–C–N with tert-alkyl or cyclic N) is 1. The van der Waals surface area contributed by atoms with Gasteiger partial charge in [-0.3, -0.25) is 14.5 Å². The third-order valence-corrected chi connectivity index (χ3v) is 4.76. The lowest BCUT2D eigenvalue weighted by atomic mass is 10.2. The van der Waals surface area contributed by atoms with Crippen LogP contribution >= 0.6 is 11.8 Å². The number of aliphatic hydroxyl groups is 1. The lowest BCUT2D eigenvalue weighted by molar-refractivity contribution is -0.139. The number of rotatable bonds is 5. The molecule has 0 unspecified atom stereocenters. The van der Waals surface area contributed by atoms with E-state index in [1.54, 1.807) is 16.7 Å². The van der Waals surface area contributed by atoms with Gasteiger partial charge in [0.25, 0.3) is 0 Å². The number of hydrogen-bond acceptors (Lipinski definition) is 5. The molecule has 6 nitrogen and oxygen atoms in total. The summed E-state index contributed by atoms with van der Waals surface area (Å²) in [6.07, 6.45) is 0.477. The molecule has 0 aromatic rings. The Bertz CT molecular complexity index is 359. The predicted octanol–water partition coefficient (Wildman–Crippen LogP) is -0.566. The molecule has 2 amide bonds. The summed E-state index contributed by atoms with van der Waals surface area (Å²) in [5.41, 5.74) is 0. The normalized spacial score (nSPS) is 22.4. The molecule has 0 aromatic carbocycles. The summed E-state index contributed by atoms with van der Waals surface area (Å²) in [7, 11) is 0. The maximum Gasteiger partial charge on any atom is 0.242 e. The molecular weight excluding hydrogens is 278 g/mol. The lowest BCUT2D eigenvalue weighted by Crippen LogP contribution is -2.52. The Labute approximate surface area is 124 Å². The van der Waals surface area contributed by atoms with E-state index in [4.69, 9.17) is 0 Å². The SMILES string of the molecule is CC[C@@H](O)CN1CCN(C(=O)CN2CSCC2=O)CC1. The van der Waals surface area contributed by atoms with Crippen LogP contribution in [0.2, 0.25) is 0 Å². The van der Waals surface area contributed by atoms with Gasteiger partial charge in [-0.1, -0.05) is 6.92 Å². The third kappa shape index (κ3) is 4.10. The van der Waals surface area contributed by atoms with E-state index in [1.807, 2.05) is 11.8 Å². The van der Waals surface area contributed by atoms with Gasteiger partial charge in [-0.25, -0.2) is 0 Å². The fraction of sp³-hybridized carbons (Fsp3) is 0.846. The van der Waals surface area contributed by atoms with Crippen LogP contribution in [0, 0.1) is 0 Å². The van der Waals surface area contributed by atoms with Gasteiger partial charge < -0.3 is 14.9 Å². The zero-order valence-corrected chi connectivity index (χ0v) is 12.8. The van der Waals surface area contributed by atoms with E-state index in [2.05, 4.69) is 4.90 Å². The Kier molecular flexibility index (Phi) is 5.68. The van der Waals surface area contributed by atoms with E-state index in [0.717, 1.165) is 19.5 Å². The molecule has 2 fully saturated rings. The van der Waals surface area contributed by atoms with Crippen molar-refractivity contribution in [2.24, 2.45) is 0 Å². The summed E-state index contributed by atoms with van der Waals surface area (Å²) in [5.74, 6) is 1.23. The van der Waals surface area contributed by atoms with Gasteiger partial charge in [0.2, 0.25) is 11.8 Å². The zero-order valence-electron chi connectivity index (χ0n) is 12.0. The van der Waals surface area contributed by atoms with Gasteiger partial charge in [0.1, 0.15) is 6.54 Å². The minimum Gasteiger partial charge on any atom is -0.392 e. The molecule has 0 saturated carbocycles. The molecule has 2 aliphatic heterocycles. The maximum atomic E-state index is 12.1. The number of piperazine rings is 1. The minimum absolute atomic E-state index is 0.0385. The molecule has 7 heteroatoms. The summed E-state index contributed by atoms with van der Waals surface area (Å²) in [4.78, 5) is 29.3. The van der Waals surface area contributed by atoms with Crippen molar-refractivity contribution in [1.82, 2.24) is 14.7 Å². The smallest absolute Gasteiger partial charge is 0.242 e. The van der Waals surface area contributed by atoms with Crippen LogP contribution in [-0.4, -0.2) is 88.6 Å². The monoisotopic (exact) mass is 301 g/mol. The van der Waals surface area contributed by atoms with E-state index in [-0.39, 0.29) is 24.5 Å². The number of nitrogens with zero attached hydrogens (tertiary/aromatic N) is 3. The second kappa shape index (κ2) is 7.28. The molecular formula is C13H23N3O3S. The van der Waals surface area contributed by atoms with Crippen molar-refractivity contribution >= 4 is 23.6 Å². The van der Waals surface area contributed by atoms with Crippen LogP contribution in [0.3, 0.4) is 0 Å². The highest BCUT2D eigenvalue weighted by Crippen LogP contribution is 2.15. The third-order valence-electron chi connectivity index (χ3n) is 3.82. The number of aliphatic hydroxyl groups excluding tert-OH is 1. The van der Waals surface area contributed by atoms with Crippen LogP contribution in [-0.2, 0) is 9.59 Å². The van der Waals surface area contributed by atoms with Gasteiger partial charge in [0.15, 0.2) is 0 Å². The average Bonchev–Trinajstić information content (AvgIpc) is 2.85. The van der Waals surface area contributed by atoms with E-state index in [0.29, 0.717) is 31.3 Å². The number of carbonyl (C=O) groups excluding carboxylic acids is 2. The topological polar surface area (TPSA) is 64.1 Å². The fourth-order valence-corrected chi connectivity index (χ4v) is 3.31. The van der Waals surface area contributed by atoms with Crippen LogP contribution in [0.15, 0.2) is 0 Å². The van der Waals surface area contributed by atoms with E-state index in [9.17, 15) is 14.7 Å². The zero-order chi connectivity index (χ0) is 14.5. The fourth-order valence-electron chi connectivity index (χ4n) is 2.41. The Morgan fingerprint density at radius 2 is 2.05 bits per heavy atom. The molecule has 2 heterocycles. The van der Waals surface area contributed by atoms with Crippen molar-refractivity contribution in [2.75, 3.05) is 50.9 Å². The molecule has 0 bridgehead atoms. The average molecular weight is 301 g/mol. The molecule has 2 rings (SSSR count). The second-order valence-electron chi connectivity index (χ2n) is 5.31. The first-order valence-electron chi connectivity index (χ1n) is 7.14. The molecule has 2 saturated heterocycles. The van der Waals surface area contributed by atoms with Gasteiger partial charge in [-0.2, -0.15) is 0 Å². The molecule has 20 heavy (non-hydrogen) atoms. The number of thioether (sulfide) groups is 1. The van der Waals surface area contributed by atoms with Gasteiger partial charge in [0.05, 0.1) is 17.7 Å². The number of carbonyl (C=O) groups is 2. The Balaban J connectivity index is 1.73. The first-order chi connectivity index (χ1) is 9.60. The van der Waals surface area contributed by atoms with Crippen molar-refractivity contribution in [3.05, 3.63) is 0 Å². The number of hydrogen-bond donors (Lipinski definition) is 1. The van der Waals surface area contributed by atoms with Gasteiger partial charge in [0, 0.05) is 32.7 Å². The summed E-state index contributed by atoms with van der Waals surface area (Å²) in [5, 5.41) is 9.64. The predicted molar refractivity (Wildman–Crippen MR) is 78.4 cm³/mol. The largest absolute Gasteiger partial charge is 0.392 e. The van der Waals surface area contributed by atoms with Crippen LogP contribution in [0.4, 0.5) is 0 Å². The maximum absolute atomic E-state index is 12.1. The van der Waals surface area contributed by atoms with Crippen molar-refractivity contribution in [1.29, 1.82) is 0 Å². The van der Waals surface area contributed by atoms with E-state index in [1.165, 1.54) is 0 Å². The Hall–Kier alpha value is -0.790. The van der Waals surface area contributed by atoms with Crippen LogP contribution < -0.4 is 0 Å². The Morgan fingerprint density at radius 1 is 1.35 bits per heavy atom. The van der Waals surface area contributed by atoms with Crippen molar-refractivity contribution < 1.29 is 14.7 Å². The molecule has 0 radical (unpaired) electrons. The lowest BCUT2D eigenvalue weighted by Gasteiger charge is -2.36. The molecule has 1 atom stereocenters. The van der Waals surface area contributed by atoms with Crippen LogP contribution in [0.25, 0.3) is 0 Å². The molecule has 0 aliphatic carbocycles. The minimum atomic E-state index is -0.281. The summed E-state index contributed by atoms with van der Waals surface area (Å²) >= 11 is 1.56. The highest BCUT2D eigenvalue weighted by molar-refractivity contribution is 8.00. The Morgan fingerprint density at radius 3 is 2.60 bits per heavy atom. The van der Waals surface area contributed by atoms with Crippen molar-refractivity contribution in [3.8, 4) is 0 Å². The first kappa shape index (κ1) is 15.6. The summed E-state index contributed by atoms with van der Waals surface area (Å²) in [6, 6.07) is 0. The first-order valence-corrected chi connectivity index (χ1v) is 8.29. The van der Waals surface area contributed by atoms with Gasteiger partial charge in [-0.05, 0) is 6.42 Å². The highest BCUT2D eigenvalue weighted by Gasteiger charge is 2.27. The van der Waals surface area contributed by atoms with E-state index >= 15 is 0 Å². The molecule has 1 N–H and O–H groups in total. The molecule has 0 spiro atoms. The standard InChI is InChI=1S/C13H23N3O3S/c1-2-11(17)7-14-3-5-15(6-4-14)12(18)8-16-10-20-9-13(16)19/h11,17H,2-10H2,1H3/t11-/m1/s1.